The second kappa shape index (κ2) is 13.3. The fourth-order valence-corrected chi connectivity index (χ4v) is 3.73. The van der Waals surface area contributed by atoms with Gasteiger partial charge in [-0.2, -0.15) is 0 Å². The molecular formula is C20H40IN7. The predicted molar refractivity (Wildman–Crippen MR) is 127 cm³/mol. The highest BCUT2D eigenvalue weighted by atomic mass is 127. The standard InChI is InChI=1S/C20H39N7.HI/c1-6-21-20(22-12-10-14-26(16(2)3)17(4)5)23-15-19-25-24-18-11-8-7-9-13-27(18)19;/h16-17H,6-15H2,1-5H3,(H2,21,22,23);1H. The summed E-state index contributed by atoms with van der Waals surface area (Å²) in [5.74, 6) is 2.97. The molecule has 0 amide bonds. The Morgan fingerprint density at radius 1 is 1.11 bits per heavy atom. The summed E-state index contributed by atoms with van der Waals surface area (Å²) in [5.41, 5.74) is 0. The predicted octanol–water partition coefficient (Wildman–Crippen LogP) is 3.19. The Morgan fingerprint density at radius 2 is 1.86 bits per heavy atom. The van der Waals surface area contributed by atoms with E-state index in [9.17, 15) is 0 Å². The number of hydrogen-bond donors (Lipinski definition) is 2. The van der Waals surface area contributed by atoms with Crippen molar-refractivity contribution in [2.24, 2.45) is 4.99 Å². The van der Waals surface area contributed by atoms with Crippen molar-refractivity contribution in [3.63, 3.8) is 0 Å². The molecule has 2 heterocycles. The largest absolute Gasteiger partial charge is 0.357 e. The Balaban J connectivity index is 0.00000392. The monoisotopic (exact) mass is 505 g/mol. The van der Waals surface area contributed by atoms with E-state index in [1.165, 1.54) is 19.3 Å². The lowest BCUT2D eigenvalue weighted by atomic mass is 10.2. The molecule has 1 aliphatic rings. The molecule has 2 rings (SSSR count). The second-order valence-corrected chi connectivity index (χ2v) is 7.90. The highest BCUT2D eigenvalue weighted by Gasteiger charge is 2.15. The Morgan fingerprint density at radius 3 is 2.54 bits per heavy atom. The molecular weight excluding hydrogens is 465 g/mol. The van der Waals surface area contributed by atoms with Crippen molar-refractivity contribution in [1.82, 2.24) is 30.3 Å². The van der Waals surface area contributed by atoms with Gasteiger partial charge in [-0.15, -0.1) is 34.2 Å². The summed E-state index contributed by atoms with van der Waals surface area (Å²) in [5, 5.41) is 15.5. The quantitative estimate of drug-likeness (QED) is 0.234. The zero-order valence-corrected chi connectivity index (χ0v) is 20.7. The molecule has 0 aliphatic carbocycles. The minimum Gasteiger partial charge on any atom is -0.357 e. The lowest BCUT2D eigenvalue weighted by molar-refractivity contribution is 0.173. The van der Waals surface area contributed by atoms with Crippen LogP contribution in [-0.4, -0.2) is 57.3 Å². The molecule has 0 fully saturated rings. The van der Waals surface area contributed by atoms with E-state index in [0.29, 0.717) is 18.6 Å². The van der Waals surface area contributed by atoms with Crippen molar-refractivity contribution in [1.29, 1.82) is 0 Å². The van der Waals surface area contributed by atoms with Gasteiger partial charge in [0.15, 0.2) is 11.8 Å². The molecule has 1 aromatic rings. The number of aryl methyl sites for hydroxylation is 1. The van der Waals surface area contributed by atoms with Crippen LogP contribution in [0.5, 0.6) is 0 Å². The number of rotatable bonds is 9. The van der Waals surface area contributed by atoms with E-state index in [1.807, 2.05) is 0 Å². The van der Waals surface area contributed by atoms with Crippen LogP contribution in [0.4, 0.5) is 0 Å². The van der Waals surface area contributed by atoms with Crippen LogP contribution in [0.15, 0.2) is 4.99 Å². The fraction of sp³-hybridized carbons (Fsp3) is 0.850. The summed E-state index contributed by atoms with van der Waals surface area (Å²) in [7, 11) is 0. The van der Waals surface area contributed by atoms with Gasteiger partial charge >= 0.3 is 0 Å². The van der Waals surface area contributed by atoms with Crippen molar-refractivity contribution in [2.75, 3.05) is 19.6 Å². The van der Waals surface area contributed by atoms with Crippen LogP contribution in [0, 0.1) is 0 Å². The van der Waals surface area contributed by atoms with Gasteiger partial charge in [-0.25, -0.2) is 4.99 Å². The van der Waals surface area contributed by atoms with Gasteiger partial charge in [0.25, 0.3) is 0 Å². The maximum absolute atomic E-state index is 4.74. The first-order valence-electron chi connectivity index (χ1n) is 10.7. The molecule has 1 aromatic heterocycles. The van der Waals surface area contributed by atoms with E-state index in [-0.39, 0.29) is 24.0 Å². The van der Waals surface area contributed by atoms with E-state index in [1.54, 1.807) is 0 Å². The molecule has 1 aliphatic heterocycles. The van der Waals surface area contributed by atoms with Crippen molar-refractivity contribution in [3.8, 4) is 0 Å². The van der Waals surface area contributed by atoms with Gasteiger partial charge in [0.2, 0.25) is 0 Å². The smallest absolute Gasteiger partial charge is 0.191 e. The van der Waals surface area contributed by atoms with Crippen LogP contribution >= 0.6 is 24.0 Å². The summed E-state index contributed by atoms with van der Waals surface area (Å²) in [6.07, 6.45) is 5.84. The van der Waals surface area contributed by atoms with E-state index in [4.69, 9.17) is 4.99 Å². The van der Waals surface area contributed by atoms with Gasteiger partial charge in [-0.1, -0.05) is 6.42 Å². The third-order valence-electron chi connectivity index (χ3n) is 5.12. The number of nitrogens with one attached hydrogen (secondary N) is 2. The lowest BCUT2D eigenvalue weighted by Crippen LogP contribution is -2.41. The highest BCUT2D eigenvalue weighted by Crippen LogP contribution is 2.14. The zero-order valence-electron chi connectivity index (χ0n) is 18.4. The minimum absolute atomic E-state index is 0. The average molecular weight is 505 g/mol. The summed E-state index contributed by atoms with van der Waals surface area (Å²) in [4.78, 5) is 7.26. The van der Waals surface area contributed by atoms with Gasteiger partial charge in [-0.05, 0) is 53.9 Å². The highest BCUT2D eigenvalue weighted by molar-refractivity contribution is 14.0. The van der Waals surface area contributed by atoms with Crippen LogP contribution in [0.2, 0.25) is 0 Å². The first kappa shape index (κ1) is 25.1. The van der Waals surface area contributed by atoms with Crippen molar-refractivity contribution >= 4 is 29.9 Å². The molecule has 0 radical (unpaired) electrons. The molecule has 8 heteroatoms. The number of fused-ring (bicyclic) bond motifs is 1. The van der Waals surface area contributed by atoms with Gasteiger partial charge in [0.05, 0.1) is 0 Å². The lowest BCUT2D eigenvalue weighted by Gasteiger charge is -2.30. The van der Waals surface area contributed by atoms with Gasteiger partial charge in [0.1, 0.15) is 12.4 Å². The summed E-state index contributed by atoms with van der Waals surface area (Å²) in [6, 6.07) is 1.16. The molecule has 28 heavy (non-hydrogen) atoms. The van der Waals surface area contributed by atoms with Gasteiger partial charge in [-0.3, -0.25) is 4.90 Å². The normalized spacial score (nSPS) is 14.8. The fourth-order valence-electron chi connectivity index (χ4n) is 3.73. The SMILES string of the molecule is CCNC(=NCc1nnc2n1CCCCC2)NCCCN(C(C)C)C(C)C.I. The van der Waals surface area contributed by atoms with Crippen molar-refractivity contribution in [3.05, 3.63) is 11.6 Å². The molecule has 162 valence electrons. The molecule has 0 saturated heterocycles. The summed E-state index contributed by atoms with van der Waals surface area (Å²) in [6.45, 7) is 15.6. The van der Waals surface area contributed by atoms with E-state index in [0.717, 1.165) is 56.6 Å². The molecule has 0 saturated carbocycles. The van der Waals surface area contributed by atoms with E-state index in [2.05, 4.69) is 64.9 Å². The van der Waals surface area contributed by atoms with Crippen LogP contribution in [-0.2, 0) is 19.5 Å². The van der Waals surface area contributed by atoms with Crippen molar-refractivity contribution < 1.29 is 0 Å². The topological polar surface area (TPSA) is 70.4 Å². The van der Waals surface area contributed by atoms with E-state index >= 15 is 0 Å². The maximum Gasteiger partial charge on any atom is 0.191 e. The first-order valence-corrected chi connectivity index (χ1v) is 10.7. The van der Waals surface area contributed by atoms with Gasteiger partial charge < -0.3 is 15.2 Å². The Hall–Kier alpha value is -0.900. The number of nitrogens with zero attached hydrogens (tertiary/aromatic N) is 5. The third kappa shape index (κ3) is 7.85. The second-order valence-electron chi connectivity index (χ2n) is 7.90. The number of guanidine groups is 1. The third-order valence-corrected chi connectivity index (χ3v) is 5.12. The average Bonchev–Trinajstić information content (AvgIpc) is 2.85. The van der Waals surface area contributed by atoms with Gasteiger partial charge in [0, 0.05) is 44.7 Å². The summed E-state index contributed by atoms with van der Waals surface area (Å²) >= 11 is 0. The van der Waals surface area contributed by atoms with Crippen LogP contribution in [0.3, 0.4) is 0 Å². The molecule has 0 aromatic carbocycles. The summed E-state index contributed by atoms with van der Waals surface area (Å²) < 4.78 is 2.27. The Kier molecular flexibility index (Phi) is 12.0. The first-order chi connectivity index (χ1) is 13.0. The zero-order chi connectivity index (χ0) is 19.6. The number of halogens is 1. The molecule has 0 atom stereocenters. The number of hydrogen-bond acceptors (Lipinski definition) is 4. The maximum atomic E-state index is 4.74. The molecule has 0 spiro atoms. The molecule has 0 unspecified atom stereocenters. The Bertz CT molecular complexity index is 575. The van der Waals surface area contributed by atoms with E-state index < -0.39 is 0 Å². The minimum atomic E-state index is 0. The number of aromatic nitrogens is 3. The molecule has 7 nitrogen and oxygen atoms in total. The van der Waals surface area contributed by atoms with Crippen LogP contribution in [0.25, 0.3) is 0 Å². The van der Waals surface area contributed by atoms with Crippen LogP contribution < -0.4 is 10.6 Å². The number of aliphatic imine (C=N–C) groups is 1. The Labute approximate surface area is 188 Å². The molecule has 2 N–H and O–H groups in total. The van der Waals surface area contributed by atoms with Crippen molar-refractivity contribution in [2.45, 2.75) is 91.9 Å². The van der Waals surface area contributed by atoms with Crippen LogP contribution in [0.1, 0.15) is 72.0 Å². The molecule has 0 bridgehead atoms.